The smallest absolute Gasteiger partial charge is 0.151 e. The summed E-state index contributed by atoms with van der Waals surface area (Å²) in [6.07, 6.45) is 5.38. The molecule has 2 aromatic rings. The van der Waals surface area contributed by atoms with Crippen LogP contribution >= 0.6 is 11.3 Å². The van der Waals surface area contributed by atoms with E-state index in [1.807, 2.05) is 17.4 Å². The van der Waals surface area contributed by atoms with Crippen LogP contribution in [-0.2, 0) is 6.42 Å². The number of hydrogen-bond donors (Lipinski definition) is 0. The molecule has 0 spiro atoms. The molecule has 21 heavy (non-hydrogen) atoms. The maximum Gasteiger partial charge on any atom is 0.151 e. The second-order valence-corrected chi connectivity index (χ2v) is 6.70. The lowest BCUT2D eigenvalue weighted by Gasteiger charge is -2.29. The maximum atomic E-state index is 4.26. The fourth-order valence-corrected chi connectivity index (χ4v) is 3.68. The first-order valence-electron chi connectivity index (χ1n) is 7.58. The number of rotatable bonds is 6. The summed E-state index contributed by atoms with van der Waals surface area (Å²) in [5.41, 5.74) is 0. The van der Waals surface area contributed by atoms with Crippen molar-refractivity contribution in [3.63, 3.8) is 0 Å². The van der Waals surface area contributed by atoms with E-state index in [1.54, 1.807) is 6.20 Å². The molecule has 0 aromatic carbocycles. The Hall–Kier alpha value is -1.46. The Kier molecular flexibility index (Phi) is 4.83. The Morgan fingerprint density at radius 2 is 2.33 bits per heavy atom. The van der Waals surface area contributed by atoms with Gasteiger partial charge in [-0.05, 0) is 49.9 Å². The predicted octanol–water partition coefficient (Wildman–Crippen LogP) is 2.68. The van der Waals surface area contributed by atoms with E-state index in [2.05, 4.69) is 50.6 Å². The summed E-state index contributed by atoms with van der Waals surface area (Å²) in [5, 5.41) is 10.4. The summed E-state index contributed by atoms with van der Waals surface area (Å²) in [5.74, 6) is 1.02. The van der Waals surface area contributed by atoms with Crippen LogP contribution < -0.4 is 4.90 Å². The highest BCUT2D eigenvalue weighted by Crippen LogP contribution is 2.23. The van der Waals surface area contributed by atoms with Crippen molar-refractivity contribution in [1.82, 2.24) is 15.1 Å². The third-order valence-electron chi connectivity index (χ3n) is 4.07. The molecule has 0 unspecified atom stereocenters. The van der Waals surface area contributed by atoms with Crippen molar-refractivity contribution in [2.75, 3.05) is 31.6 Å². The highest BCUT2D eigenvalue weighted by atomic mass is 32.1. The minimum atomic E-state index is 0.565. The van der Waals surface area contributed by atoms with Crippen molar-refractivity contribution in [3.05, 3.63) is 40.7 Å². The lowest BCUT2D eigenvalue weighted by atomic mass is 10.2. The molecule has 0 bridgehead atoms. The number of aromatic nitrogens is 2. The van der Waals surface area contributed by atoms with Gasteiger partial charge in [-0.15, -0.1) is 16.4 Å². The van der Waals surface area contributed by atoms with Gasteiger partial charge in [-0.2, -0.15) is 5.10 Å². The molecule has 0 aliphatic carbocycles. The fraction of sp³-hybridized carbons (Fsp3) is 0.500. The Bertz CT molecular complexity index is 528. The summed E-state index contributed by atoms with van der Waals surface area (Å²) in [7, 11) is 2.22. The monoisotopic (exact) mass is 302 g/mol. The third kappa shape index (κ3) is 3.80. The van der Waals surface area contributed by atoms with E-state index < -0.39 is 0 Å². The largest absolute Gasteiger partial charge is 0.351 e. The highest BCUT2D eigenvalue weighted by molar-refractivity contribution is 7.09. The molecule has 2 aromatic heterocycles. The molecule has 3 rings (SSSR count). The van der Waals surface area contributed by atoms with Gasteiger partial charge < -0.3 is 9.80 Å². The molecular weight excluding hydrogens is 280 g/mol. The summed E-state index contributed by atoms with van der Waals surface area (Å²) in [6, 6.07) is 8.96. The van der Waals surface area contributed by atoms with Gasteiger partial charge in [0.1, 0.15) is 0 Å². The first-order valence-corrected chi connectivity index (χ1v) is 8.46. The van der Waals surface area contributed by atoms with E-state index in [-0.39, 0.29) is 0 Å². The van der Waals surface area contributed by atoms with Crippen LogP contribution in [0.25, 0.3) is 0 Å². The van der Waals surface area contributed by atoms with Gasteiger partial charge in [0.2, 0.25) is 0 Å². The fourth-order valence-electron chi connectivity index (χ4n) is 2.98. The van der Waals surface area contributed by atoms with Crippen molar-refractivity contribution in [3.8, 4) is 0 Å². The minimum Gasteiger partial charge on any atom is -0.351 e. The van der Waals surface area contributed by atoms with Crippen LogP contribution in [0.4, 0.5) is 5.82 Å². The molecule has 4 nitrogen and oxygen atoms in total. The first-order chi connectivity index (χ1) is 10.3. The van der Waals surface area contributed by atoms with E-state index in [9.17, 15) is 0 Å². The van der Waals surface area contributed by atoms with Gasteiger partial charge >= 0.3 is 0 Å². The molecule has 1 saturated heterocycles. The quantitative estimate of drug-likeness (QED) is 0.821. The standard InChI is InChI=1S/C16H22N4S/c1-19(11-8-15-6-4-12-21-15)13-14-5-3-10-20(14)16-7-2-9-17-18-16/h2,4,6-7,9,12,14H,3,5,8,10-11,13H2,1H3/t14-/m1/s1. The molecule has 1 fully saturated rings. The van der Waals surface area contributed by atoms with Crippen LogP contribution in [-0.4, -0.2) is 47.8 Å². The normalized spacial score (nSPS) is 18.6. The Balaban J connectivity index is 1.53. The molecule has 1 atom stereocenters. The van der Waals surface area contributed by atoms with Crippen LogP contribution in [0.2, 0.25) is 0 Å². The van der Waals surface area contributed by atoms with Crippen LogP contribution in [0.5, 0.6) is 0 Å². The van der Waals surface area contributed by atoms with Gasteiger partial charge in [-0.1, -0.05) is 6.07 Å². The van der Waals surface area contributed by atoms with Gasteiger partial charge in [-0.3, -0.25) is 0 Å². The number of anilines is 1. The highest BCUT2D eigenvalue weighted by Gasteiger charge is 2.26. The Morgan fingerprint density at radius 1 is 1.38 bits per heavy atom. The van der Waals surface area contributed by atoms with Crippen molar-refractivity contribution in [2.45, 2.75) is 25.3 Å². The Morgan fingerprint density at radius 3 is 3.10 bits per heavy atom. The van der Waals surface area contributed by atoms with E-state index in [0.29, 0.717) is 6.04 Å². The molecule has 1 aliphatic heterocycles. The molecule has 112 valence electrons. The predicted molar refractivity (Wildman–Crippen MR) is 87.9 cm³/mol. The molecule has 0 N–H and O–H groups in total. The molecular formula is C16H22N4S. The van der Waals surface area contributed by atoms with E-state index in [4.69, 9.17) is 0 Å². The lowest BCUT2D eigenvalue weighted by Crippen LogP contribution is -2.40. The second kappa shape index (κ2) is 7.00. The second-order valence-electron chi connectivity index (χ2n) is 5.66. The van der Waals surface area contributed by atoms with Gasteiger partial charge in [0.25, 0.3) is 0 Å². The zero-order valence-corrected chi connectivity index (χ0v) is 13.3. The molecule has 0 radical (unpaired) electrons. The van der Waals surface area contributed by atoms with Crippen LogP contribution in [0, 0.1) is 0 Å². The van der Waals surface area contributed by atoms with Gasteiger partial charge in [-0.25, -0.2) is 0 Å². The zero-order chi connectivity index (χ0) is 14.5. The summed E-state index contributed by atoms with van der Waals surface area (Å²) in [6.45, 7) is 3.31. The molecule has 1 aliphatic rings. The van der Waals surface area contributed by atoms with Crippen LogP contribution in [0.1, 0.15) is 17.7 Å². The van der Waals surface area contributed by atoms with Gasteiger partial charge in [0.05, 0.1) is 0 Å². The van der Waals surface area contributed by atoms with Crippen molar-refractivity contribution < 1.29 is 0 Å². The first kappa shape index (κ1) is 14.5. The molecule has 5 heteroatoms. The molecule has 3 heterocycles. The van der Waals surface area contributed by atoms with Crippen LogP contribution in [0.15, 0.2) is 35.8 Å². The van der Waals surface area contributed by atoms with E-state index >= 15 is 0 Å². The topological polar surface area (TPSA) is 32.3 Å². The SMILES string of the molecule is CN(CCc1cccs1)C[C@H]1CCCN1c1cccnn1. The number of likely N-dealkylation sites (N-methyl/N-ethyl adjacent to an activating group) is 1. The van der Waals surface area contributed by atoms with Crippen molar-refractivity contribution >= 4 is 17.2 Å². The number of nitrogens with zero attached hydrogens (tertiary/aromatic N) is 4. The molecule has 0 amide bonds. The van der Waals surface area contributed by atoms with Gasteiger partial charge in [0, 0.05) is 36.8 Å². The van der Waals surface area contributed by atoms with E-state index in [1.165, 1.54) is 17.7 Å². The lowest BCUT2D eigenvalue weighted by molar-refractivity contribution is 0.314. The van der Waals surface area contributed by atoms with E-state index in [0.717, 1.165) is 31.9 Å². The zero-order valence-electron chi connectivity index (χ0n) is 12.5. The average Bonchev–Trinajstić information content (AvgIpc) is 3.17. The van der Waals surface area contributed by atoms with Crippen molar-refractivity contribution in [2.24, 2.45) is 0 Å². The Labute approximate surface area is 130 Å². The number of thiophene rings is 1. The average molecular weight is 302 g/mol. The summed E-state index contributed by atoms with van der Waals surface area (Å²) >= 11 is 1.85. The molecule has 0 saturated carbocycles. The van der Waals surface area contributed by atoms with Gasteiger partial charge in [0.15, 0.2) is 5.82 Å². The minimum absolute atomic E-state index is 0.565. The summed E-state index contributed by atoms with van der Waals surface area (Å²) < 4.78 is 0. The number of hydrogen-bond acceptors (Lipinski definition) is 5. The summed E-state index contributed by atoms with van der Waals surface area (Å²) in [4.78, 5) is 6.33. The van der Waals surface area contributed by atoms with Crippen LogP contribution in [0.3, 0.4) is 0 Å². The van der Waals surface area contributed by atoms with Crippen molar-refractivity contribution in [1.29, 1.82) is 0 Å². The maximum absolute atomic E-state index is 4.26. The third-order valence-corrected chi connectivity index (χ3v) is 5.01.